The van der Waals surface area contributed by atoms with Crippen LogP contribution < -0.4 is 0 Å². The van der Waals surface area contributed by atoms with Crippen LogP contribution in [0.5, 0.6) is 0 Å². The van der Waals surface area contributed by atoms with Gasteiger partial charge < -0.3 is 14.2 Å². The van der Waals surface area contributed by atoms with E-state index >= 15 is 0 Å². The molecule has 0 unspecified atom stereocenters. The summed E-state index contributed by atoms with van der Waals surface area (Å²) in [6.45, 7) is 7.94. The number of carbonyl (C=O) groups excluding carboxylic acids is 2. The Morgan fingerprint density at radius 2 is 2.06 bits per heavy atom. The van der Waals surface area contributed by atoms with Crippen LogP contribution in [0.15, 0.2) is 28.4 Å². The van der Waals surface area contributed by atoms with E-state index in [0.717, 1.165) is 40.3 Å². The predicted octanol–water partition coefficient (Wildman–Crippen LogP) is 4.95. The summed E-state index contributed by atoms with van der Waals surface area (Å²) in [7, 11) is 0. The van der Waals surface area contributed by atoms with E-state index in [2.05, 4.69) is 16.2 Å². The third-order valence-corrected chi connectivity index (χ3v) is 6.43. The van der Waals surface area contributed by atoms with Gasteiger partial charge >= 0.3 is 5.97 Å². The normalized spacial score (nSPS) is 13.5. The molecule has 162 valence electrons. The van der Waals surface area contributed by atoms with Crippen molar-refractivity contribution >= 4 is 34.3 Å². The van der Waals surface area contributed by atoms with Crippen molar-refractivity contribution in [2.75, 3.05) is 13.2 Å². The maximum Gasteiger partial charge on any atom is 0.339 e. The van der Waals surface area contributed by atoms with Gasteiger partial charge in [-0.2, -0.15) is 0 Å². The summed E-state index contributed by atoms with van der Waals surface area (Å²) >= 11 is 1.66. The molecule has 0 aliphatic heterocycles. The number of esters is 1. The first-order chi connectivity index (χ1) is 14.9. The molecule has 0 fully saturated rings. The molecule has 4 rings (SSSR count). The minimum atomic E-state index is -0.589. The highest BCUT2D eigenvalue weighted by molar-refractivity contribution is 7.12. The smallest absolute Gasteiger partial charge is 0.339 e. The summed E-state index contributed by atoms with van der Waals surface area (Å²) in [4.78, 5) is 34.2. The Morgan fingerprint density at radius 1 is 1.26 bits per heavy atom. The Balaban J connectivity index is 1.62. The molecule has 0 N–H and O–H groups in total. The minimum Gasteiger partial charge on any atom is -0.452 e. The first kappa shape index (κ1) is 21.2. The fourth-order valence-corrected chi connectivity index (χ4v) is 4.93. The number of fused-ring (bicyclic) bond motifs is 1. The third kappa shape index (κ3) is 4.12. The number of likely N-dealkylation sites (N-methyl/N-ethyl adjacent to an activating group) is 1. The van der Waals surface area contributed by atoms with Gasteiger partial charge in [0.1, 0.15) is 0 Å². The van der Waals surface area contributed by atoms with Crippen molar-refractivity contribution in [3.8, 4) is 11.3 Å². The molecule has 0 bridgehead atoms. The van der Waals surface area contributed by atoms with Gasteiger partial charge in [-0.05, 0) is 59.1 Å². The molecule has 7 nitrogen and oxygen atoms in total. The standard InChI is InChI=1S/C23H25N3O4S/c1-5-26(16-8-6-7-9-16)20(27)12-29-23(28)18-11-19(17-10-13(2)31-15(17)4)24-22-21(18)14(3)25-30-22/h8,10-11H,5-7,9,12H2,1-4H3. The van der Waals surface area contributed by atoms with E-state index in [9.17, 15) is 9.59 Å². The molecular formula is C23H25N3O4S. The number of hydrogen-bond acceptors (Lipinski definition) is 7. The van der Waals surface area contributed by atoms with Gasteiger partial charge in [-0.1, -0.05) is 11.2 Å². The molecule has 3 aromatic rings. The van der Waals surface area contributed by atoms with E-state index in [-0.39, 0.29) is 18.2 Å². The molecule has 31 heavy (non-hydrogen) atoms. The fourth-order valence-electron chi connectivity index (χ4n) is 4.00. The molecule has 1 aliphatic rings. The predicted molar refractivity (Wildman–Crippen MR) is 119 cm³/mol. The molecule has 0 aromatic carbocycles. The Labute approximate surface area is 184 Å². The van der Waals surface area contributed by atoms with E-state index in [4.69, 9.17) is 9.26 Å². The van der Waals surface area contributed by atoms with Gasteiger partial charge in [0, 0.05) is 27.6 Å². The van der Waals surface area contributed by atoms with Crippen molar-refractivity contribution in [1.29, 1.82) is 0 Å². The van der Waals surface area contributed by atoms with Gasteiger partial charge in [0.2, 0.25) is 0 Å². The van der Waals surface area contributed by atoms with E-state index in [1.807, 2.05) is 26.8 Å². The molecule has 0 radical (unpaired) electrons. The number of ether oxygens (including phenoxy) is 1. The summed E-state index contributed by atoms with van der Waals surface area (Å²) in [6.07, 6.45) is 4.98. The molecule has 3 heterocycles. The maximum atomic E-state index is 13.0. The molecular weight excluding hydrogens is 414 g/mol. The molecule has 1 amide bonds. The number of thiophene rings is 1. The summed E-state index contributed by atoms with van der Waals surface area (Å²) < 4.78 is 10.8. The van der Waals surface area contributed by atoms with Gasteiger partial charge in [0.15, 0.2) is 6.61 Å². The number of amides is 1. The number of rotatable bonds is 6. The average molecular weight is 440 g/mol. The number of aryl methyl sites for hydroxylation is 3. The molecule has 0 spiro atoms. The lowest BCUT2D eigenvalue weighted by Gasteiger charge is -2.22. The number of pyridine rings is 1. The zero-order chi connectivity index (χ0) is 22.1. The highest BCUT2D eigenvalue weighted by Gasteiger charge is 2.24. The topological polar surface area (TPSA) is 85.5 Å². The highest BCUT2D eigenvalue weighted by atomic mass is 32.1. The monoisotopic (exact) mass is 439 g/mol. The van der Waals surface area contributed by atoms with Crippen LogP contribution in [0.1, 0.15) is 52.0 Å². The molecule has 8 heteroatoms. The van der Waals surface area contributed by atoms with Gasteiger partial charge in [-0.3, -0.25) is 4.79 Å². The van der Waals surface area contributed by atoms with Crippen LogP contribution in [0.2, 0.25) is 0 Å². The lowest BCUT2D eigenvalue weighted by Crippen LogP contribution is -2.33. The zero-order valence-corrected chi connectivity index (χ0v) is 19.0. The van der Waals surface area contributed by atoms with Crippen molar-refractivity contribution in [2.45, 2.75) is 47.0 Å². The van der Waals surface area contributed by atoms with Crippen molar-refractivity contribution in [1.82, 2.24) is 15.0 Å². The van der Waals surface area contributed by atoms with Crippen LogP contribution in [-0.2, 0) is 9.53 Å². The molecule has 3 aromatic heterocycles. The second kappa shape index (κ2) is 8.63. The van der Waals surface area contributed by atoms with E-state index in [1.165, 1.54) is 0 Å². The second-order valence-electron chi connectivity index (χ2n) is 7.63. The van der Waals surface area contributed by atoms with Gasteiger partial charge in [0.25, 0.3) is 11.6 Å². The Hall–Kier alpha value is -3.00. The number of allylic oxidation sites excluding steroid dienone is 2. The highest BCUT2D eigenvalue weighted by Crippen LogP contribution is 2.33. The number of aromatic nitrogens is 2. The summed E-state index contributed by atoms with van der Waals surface area (Å²) in [6, 6.07) is 3.73. The second-order valence-corrected chi connectivity index (χ2v) is 9.09. The maximum absolute atomic E-state index is 13.0. The van der Waals surface area contributed by atoms with E-state index < -0.39 is 5.97 Å². The quantitative estimate of drug-likeness (QED) is 0.505. The van der Waals surface area contributed by atoms with Gasteiger partial charge in [-0.15, -0.1) is 11.3 Å². The SMILES string of the molecule is CCN(C(=O)COC(=O)c1cc(-c2cc(C)sc2C)nc2onc(C)c12)C1=CCCC1. The lowest BCUT2D eigenvalue weighted by atomic mass is 10.1. The van der Waals surface area contributed by atoms with E-state index in [0.29, 0.717) is 28.9 Å². The van der Waals surface area contributed by atoms with Crippen molar-refractivity contribution in [3.05, 3.63) is 44.9 Å². The minimum absolute atomic E-state index is 0.221. The van der Waals surface area contributed by atoms with Crippen molar-refractivity contribution in [3.63, 3.8) is 0 Å². The van der Waals surface area contributed by atoms with Gasteiger partial charge in [-0.25, -0.2) is 9.78 Å². The molecule has 1 aliphatic carbocycles. The van der Waals surface area contributed by atoms with Crippen LogP contribution in [0.3, 0.4) is 0 Å². The Morgan fingerprint density at radius 3 is 2.71 bits per heavy atom. The zero-order valence-electron chi connectivity index (χ0n) is 18.2. The van der Waals surface area contributed by atoms with Crippen LogP contribution in [-0.4, -0.2) is 40.1 Å². The van der Waals surface area contributed by atoms with Crippen LogP contribution in [0, 0.1) is 20.8 Å². The molecule has 0 saturated carbocycles. The van der Waals surface area contributed by atoms with Crippen LogP contribution >= 0.6 is 11.3 Å². The van der Waals surface area contributed by atoms with E-state index in [1.54, 1.807) is 29.2 Å². The number of hydrogen-bond donors (Lipinski definition) is 0. The average Bonchev–Trinajstić information content (AvgIpc) is 3.47. The summed E-state index contributed by atoms with van der Waals surface area (Å²) in [5, 5.41) is 4.48. The van der Waals surface area contributed by atoms with Crippen LogP contribution in [0.25, 0.3) is 22.4 Å². The Bertz CT molecular complexity index is 1190. The van der Waals surface area contributed by atoms with Crippen molar-refractivity contribution < 1.29 is 18.8 Å². The third-order valence-electron chi connectivity index (χ3n) is 5.46. The fraction of sp³-hybridized carbons (Fsp3) is 0.391. The first-order valence-electron chi connectivity index (χ1n) is 10.4. The largest absolute Gasteiger partial charge is 0.452 e. The molecule has 0 atom stereocenters. The molecule has 0 saturated heterocycles. The van der Waals surface area contributed by atoms with Crippen LogP contribution in [0.4, 0.5) is 0 Å². The van der Waals surface area contributed by atoms with Gasteiger partial charge in [0.05, 0.1) is 22.3 Å². The first-order valence-corrected chi connectivity index (χ1v) is 11.2. The summed E-state index contributed by atoms with van der Waals surface area (Å²) in [5.74, 6) is -0.810. The Kier molecular flexibility index (Phi) is 5.91. The summed E-state index contributed by atoms with van der Waals surface area (Å²) in [5.41, 5.74) is 3.71. The lowest BCUT2D eigenvalue weighted by molar-refractivity contribution is -0.132. The van der Waals surface area contributed by atoms with Crippen molar-refractivity contribution in [2.24, 2.45) is 0 Å². The number of carbonyl (C=O) groups is 2. The number of nitrogens with zero attached hydrogens (tertiary/aromatic N) is 3.